The minimum Gasteiger partial charge on any atom is -0.495 e. The van der Waals surface area contributed by atoms with E-state index in [2.05, 4.69) is 20.3 Å². The maximum Gasteiger partial charge on any atom is 0.319 e. The molecule has 0 bridgehead atoms. The van der Waals surface area contributed by atoms with E-state index in [-0.39, 0.29) is 17.2 Å². The minimum absolute atomic E-state index is 0.112. The van der Waals surface area contributed by atoms with Gasteiger partial charge in [-0.1, -0.05) is 54.6 Å². The van der Waals surface area contributed by atoms with Crippen molar-refractivity contribution in [3.05, 3.63) is 108 Å². The number of amides is 2. The molecule has 11 heteroatoms. The Kier molecular flexibility index (Phi) is 9.10. The van der Waals surface area contributed by atoms with Gasteiger partial charge in [-0.2, -0.15) is 0 Å². The SMILES string of the molecule is COc1ccc(-c2ccc(NC(=O)NCc3ccccn3)cc2)cc1S(=O)(=O)NC(CC(=O)O)c1ccccc1. The largest absolute Gasteiger partial charge is 0.495 e. The second kappa shape index (κ2) is 12.9. The van der Waals surface area contributed by atoms with Crippen molar-refractivity contribution in [2.24, 2.45) is 0 Å². The summed E-state index contributed by atoms with van der Waals surface area (Å²) >= 11 is 0. The van der Waals surface area contributed by atoms with Crippen LogP contribution in [0.5, 0.6) is 5.75 Å². The quantitative estimate of drug-likeness (QED) is 0.210. The smallest absolute Gasteiger partial charge is 0.319 e. The lowest BCUT2D eigenvalue weighted by molar-refractivity contribution is -0.137. The van der Waals surface area contributed by atoms with Crippen LogP contribution in [0.25, 0.3) is 11.1 Å². The highest BCUT2D eigenvalue weighted by Crippen LogP contribution is 2.32. The van der Waals surface area contributed by atoms with Gasteiger partial charge in [-0.05, 0) is 53.1 Å². The summed E-state index contributed by atoms with van der Waals surface area (Å²) in [6.07, 6.45) is 1.21. The second-order valence-corrected chi connectivity index (χ2v) is 10.4. The maximum atomic E-state index is 13.5. The van der Waals surface area contributed by atoms with Crippen molar-refractivity contribution in [2.75, 3.05) is 12.4 Å². The van der Waals surface area contributed by atoms with Gasteiger partial charge < -0.3 is 20.5 Å². The fourth-order valence-corrected chi connectivity index (χ4v) is 5.42. The monoisotopic (exact) mass is 560 g/mol. The number of hydrogen-bond donors (Lipinski definition) is 4. The second-order valence-electron chi connectivity index (χ2n) is 8.75. The number of carboxylic acid groups (broad SMARTS) is 1. The molecule has 0 radical (unpaired) electrons. The molecule has 1 unspecified atom stereocenters. The summed E-state index contributed by atoms with van der Waals surface area (Å²) in [6.45, 7) is 0.277. The first-order valence-corrected chi connectivity index (χ1v) is 13.8. The third-order valence-electron chi connectivity index (χ3n) is 5.96. The number of methoxy groups -OCH3 is 1. The number of sulfonamides is 1. The molecule has 4 N–H and O–H groups in total. The van der Waals surface area contributed by atoms with Crippen molar-refractivity contribution in [1.82, 2.24) is 15.0 Å². The Labute approximate surface area is 232 Å². The molecule has 0 aliphatic rings. The van der Waals surface area contributed by atoms with Crippen LogP contribution in [0.3, 0.4) is 0 Å². The summed E-state index contributed by atoms with van der Waals surface area (Å²) in [5, 5.41) is 14.9. The van der Waals surface area contributed by atoms with Crippen LogP contribution in [-0.4, -0.2) is 37.6 Å². The molecular weight excluding hydrogens is 532 g/mol. The molecule has 4 aromatic rings. The molecule has 0 spiro atoms. The summed E-state index contributed by atoms with van der Waals surface area (Å²) in [5.74, 6) is -1.03. The number of ether oxygens (including phenoxy) is 1. The number of carbonyl (C=O) groups excluding carboxylic acids is 1. The highest BCUT2D eigenvalue weighted by atomic mass is 32.2. The van der Waals surface area contributed by atoms with Gasteiger partial charge in [-0.3, -0.25) is 9.78 Å². The molecular formula is C29H28N4O6S. The van der Waals surface area contributed by atoms with Crippen LogP contribution in [0.15, 0.2) is 102 Å². The van der Waals surface area contributed by atoms with E-state index in [4.69, 9.17) is 4.74 Å². The lowest BCUT2D eigenvalue weighted by Crippen LogP contribution is -2.30. The fourth-order valence-electron chi connectivity index (χ4n) is 4.00. The van der Waals surface area contributed by atoms with Crippen molar-refractivity contribution in [3.8, 4) is 16.9 Å². The van der Waals surface area contributed by atoms with E-state index in [1.165, 1.54) is 19.2 Å². The van der Waals surface area contributed by atoms with E-state index in [9.17, 15) is 23.1 Å². The first-order chi connectivity index (χ1) is 19.2. The average molecular weight is 561 g/mol. The highest BCUT2D eigenvalue weighted by molar-refractivity contribution is 7.89. The number of nitrogens with zero attached hydrogens (tertiary/aromatic N) is 1. The minimum atomic E-state index is -4.19. The van der Waals surface area contributed by atoms with Crippen LogP contribution in [0.4, 0.5) is 10.5 Å². The third-order valence-corrected chi connectivity index (χ3v) is 7.46. The van der Waals surface area contributed by atoms with Crippen LogP contribution in [0, 0.1) is 0 Å². The summed E-state index contributed by atoms with van der Waals surface area (Å²) in [7, 11) is -2.83. The molecule has 1 heterocycles. The highest BCUT2D eigenvalue weighted by Gasteiger charge is 2.26. The van der Waals surface area contributed by atoms with Gasteiger partial charge in [0.15, 0.2) is 0 Å². The lowest BCUT2D eigenvalue weighted by atomic mass is 10.1. The van der Waals surface area contributed by atoms with Crippen molar-refractivity contribution in [2.45, 2.75) is 23.9 Å². The van der Waals surface area contributed by atoms with Crippen LogP contribution in [-0.2, 0) is 21.4 Å². The summed E-state index contributed by atoms with van der Waals surface area (Å²) in [6, 6.07) is 24.2. The Morgan fingerprint density at radius 3 is 2.27 bits per heavy atom. The Balaban J connectivity index is 1.52. The van der Waals surface area contributed by atoms with Crippen molar-refractivity contribution in [3.63, 3.8) is 0 Å². The van der Waals surface area contributed by atoms with E-state index >= 15 is 0 Å². The Morgan fingerprint density at radius 1 is 0.925 bits per heavy atom. The Morgan fingerprint density at radius 2 is 1.62 bits per heavy atom. The Bertz CT molecular complexity index is 1560. The molecule has 0 saturated heterocycles. The number of carbonyl (C=O) groups is 2. The van der Waals surface area contributed by atoms with Crippen LogP contribution >= 0.6 is 0 Å². The van der Waals surface area contributed by atoms with Crippen LogP contribution < -0.4 is 20.1 Å². The molecule has 0 aliphatic carbocycles. The molecule has 3 aromatic carbocycles. The number of pyridine rings is 1. The van der Waals surface area contributed by atoms with Gasteiger partial charge in [0.2, 0.25) is 10.0 Å². The number of hydrogen-bond acceptors (Lipinski definition) is 6. The zero-order chi connectivity index (χ0) is 28.5. The normalized spacial score (nSPS) is 11.8. The van der Waals surface area contributed by atoms with Gasteiger partial charge in [0, 0.05) is 11.9 Å². The van der Waals surface area contributed by atoms with E-state index in [1.54, 1.807) is 72.9 Å². The number of aromatic nitrogens is 1. The van der Waals surface area contributed by atoms with Crippen molar-refractivity contribution in [1.29, 1.82) is 0 Å². The number of benzene rings is 3. The number of urea groups is 1. The van der Waals surface area contributed by atoms with Crippen molar-refractivity contribution >= 4 is 27.7 Å². The molecule has 1 aromatic heterocycles. The first kappa shape index (κ1) is 28.3. The lowest BCUT2D eigenvalue weighted by Gasteiger charge is -2.19. The van der Waals surface area contributed by atoms with Gasteiger partial charge in [0.25, 0.3) is 0 Å². The van der Waals surface area contributed by atoms with Gasteiger partial charge >= 0.3 is 12.0 Å². The molecule has 10 nitrogen and oxygen atoms in total. The van der Waals surface area contributed by atoms with Gasteiger partial charge in [-0.25, -0.2) is 17.9 Å². The number of nitrogens with one attached hydrogen (secondary N) is 3. The zero-order valence-corrected chi connectivity index (χ0v) is 22.4. The standard InChI is InChI=1S/C29H28N4O6S/c1-39-26-15-12-22(17-27(26)40(37,38)33-25(18-28(34)35)21-7-3-2-4-8-21)20-10-13-23(14-11-20)32-29(36)31-19-24-9-5-6-16-30-24/h2-17,25,33H,18-19H2,1H3,(H,34,35)(H2,31,32,36). The summed E-state index contributed by atoms with van der Waals surface area (Å²) in [4.78, 5) is 27.7. The van der Waals surface area contributed by atoms with E-state index in [1.807, 2.05) is 12.1 Å². The maximum absolute atomic E-state index is 13.5. The predicted octanol–water partition coefficient (Wildman–Crippen LogP) is 4.57. The molecule has 1 atom stereocenters. The fraction of sp³-hybridized carbons (Fsp3) is 0.138. The van der Waals surface area contributed by atoms with Gasteiger partial charge in [-0.15, -0.1) is 0 Å². The number of anilines is 1. The molecule has 0 aliphatic heterocycles. The van der Waals surface area contributed by atoms with E-state index < -0.39 is 34.5 Å². The van der Waals surface area contributed by atoms with Crippen LogP contribution in [0.2, 0.25) is 0 Å². The zero-order valence-electron chi connectivity index (χ0n) is 21.6. The molecule has 2 amide bonds. The predicted molar refractivity (Wildman–Crippen MR) is 150 cm³/mol. The molecule has 0 saturated carbocycles. The number of aliphatic carboxylic acids is 1. The average Bonchev–Trinajstić information content (AvgIpc) is 2.96. The van der Waals surface area contributed by atoms with Gasteiger partial charge in [0.05, 0.1) is 31.8 Å². The summed E-state index contributed by atoms with van der Waals surface area (Å²) in [5.41, 5.74) is 3.08. The van der Waals surface area contributed by atoms with Crippen molar-refractivity contribution < 1.29 is 27.9 Å². The topological polar surface area (TPSA) is 147 Å². The Hall–Kier alpha value is -4.74. The summed E-state index contributed by atoms with van der Waals surface area (Å²) < 4.78 is 34.7. The molecule has 40 heavy (non-hydrogen) atoms. The van der Waals surface area contributed by atoms with E-state index in [0.29, 0.717) is 22.4 Å². The first-order valence-electron chi connectivity index (χ1n) is 12.3. The third kappa shape index (κ3) is 7.43. The molecule has 4 rings (SSSR count). The van der Waals surface area contributed by atoms with E-state index in [0.717, 1.165) is 5.69 Å². The van der Waals surface area contributed by atoms with Crippen LogP contribution in [0.1, 0.15) is 23.7 Å². The molecule has 206 valence electrons. The number of rotatable bonds is 11. The molecule has 0 fully saturated rings. The number of carboxylic acids is 1. The van der Waals surface area contributed by atoms with Gasteiger partial charge in [0.1, 0.15) is 10.6 Å².